The summed E-state index contributed by atoms with van der Waals surface area (Å²) in [5, 5.41) is 19.2. The summed E-state index contributed by atoms with van der Waals surface area (Å²) in [6.07, 6.45) is 1.97. The Morgan fingerprint density at radius 2 is 1.82 bits per heavy atom. The number of rotatable bonds is 12. The molecule has 2 atom stereocenters. The Morgan fingerprint density at radius 3 is 2.36 bits per heavy atom. The molecule has 1 heterocycles. The predicted molar refractivity (Wildman–Crippen MR) is 135 cm³/mol. The largest absolute Gasteiger partial charge is 0.491 e. The van der Waals surface area contributed by atoms with E-state index in [0.717, 1.165) is 35.5 Å². The summed E-state index contributed by atoms with van der Waals surface area (Å²) in [6, 6.07) is 10.1. The van der Waals surface area contributed by atoms with Gasteiger partial charge in [-0.2, -0.15) is 0 Å². The standard InChI is InChI=1S/C25H37NO5S2/c1-7-17-14-18(10-11-19(17)31-16-20(27)24(4,5)6)25(8-2,9-3)21-12-13-23(32-21)33(30)26-15-22(28)29/h10-14,20,26-27H,7-9,15-16H2,1-6H3,(H,28,29). The summed E-state index contributed by atoms with van der Waals surface area (Å²) in [5.41, 5.74) is 1.77. The number of aryl methyl sites for hydroxylation is 1. The molecule has 0 aliphatic carbocycles. The van der Waals surface area contributed by atoms with Crippen LogP contribution in [0.1, 0.15) is 70.4 Å². The quantitative estimate of drug-likeness (QED) is 0.389. The number of ether oxygens (including phenoxy) is 1. The molecule has 0 fully saturated rings. The van der Waals surface area contributed by atoms with Gasteiger partial charge in [-0.1, -0.05) is 53.7 Å². The lowest BCUT2D eigenvalue weighted by Gasteiger charge is -2.32. The molecule has 33 heavy (non-hydrogen) atoms. The van der Waals surface area contributed by atoms with E-state index in [0.29, 0.717) is 4.21 Å². The summed E-state index contributed by atoms with van der Waals surface area (Å²) < 4.78 is 21.6. The van der Waals surface area contributed by atoms with Gasteiger partial charge in [0, 0.05) is 10.3 Å². The van der Waals surface area contributed by atoms with Crippen molar-refractivity contribution in [1.82, 2.24) is 4.72 Å². The van der Waals surface area contributed by atoms with E-state index in [2.05, 4.69) is 37.6 Å². The zero-order chi connectivity index (χ0) is 24.8. The minimum absolute atomic E-state index is 0.242. The molecule has 2 rings (SSSR count). The maximum atomic E-state index is 12.5. The topological polar surface area (TPSA) is 95.9 Å². The predicted octanol–water partition coefficient (Wildman–Crippen LogP) is 4.90. The maximum Gasteiger partial charge on any atom is 0.318 e. The van der Waals surface area contributed by atoms with Gasteiger partial charge in [0.2, 0.25) is 0 Å². The highest BCUT2D eigenvalue weighted by molar-refractivity contribution is 7.85. The minimum atomic E-state index is -1.56. The lowest BCUT2D eigenvalue weighted by Crippen LogP contribution is -2.32. The van der Waals surface area contributed by atoms with Crippen LogP contribution in [0.5, 0.6) is 5.75 Å². The molecule has 184 valence electrons. The lowest BCUT2D eigenvalue weighted by molar-refractivity contribution is -0.135. The van der Waals surface area contributed by atoms with Crippen molar-refractivity contribution >= 4 is 28.3 Å². The second kappa shape index (κ2) is 11.6. The average molecular weight is 496 g/mol. The Kier molecular flexibility index (Phi) is 9.67. The smallest absolute Gasteiger partial charge is 0.318 e. The van der Waals surface area contributed by atoms with Crippen molar-refractivity contribution in [3.05, 3.63) is 46.3 Å². The first-order valence-electron chi connectivity index (χ1n) is 11.4. The Morgan fingerprint density at radius 1 is 1.15 bits per heavy atom. The highest BCUT2D eigenvalue weighted by Gasteiger charge is 2.33. The molecule has 0 radical (unpaired) electrons. The highest BCUT2D eigenvalue weighted by atomic mass is 32.2. The second-order valence-corrected chi connectivity index (χ2v) is 11.9. The van der Waals surface area contributed by atoms with Crippen LogP contribution in [0, 0.1) is 5.41 Å². The monoisotopic (exact) mass is 495 g/mol. The fraction of sp³-hybridized carbons (Fsp3) is 0.560. The molecule has 0 saturated heterocycles. The van der Waals surface area contributed by atoms with Crippen molar-refractivity contribution in [2.24, 2.45) is 5.41 Å². The molecule has 2 aromatic rings. The average Bonchev–Trinajstić information content (AvgIpc) is 3.27. The first-order chi connectivity index (χ1) is 15.5. The first kappa shape index (κ1) is 27.5. The van der Waals surface area contributed by atoms with Crippen LogP contribution in [0.4, 0.5) is 0 Å². The Labute approximate surface area is 204 Å². The van der Waals surface area contributed by atoms with Crippen molar-refractivity contribution in [2.45, 2.75) is 76.5 Å². The lowest BCUT2D eigenvalue weighted by atomic mass is 9.74. The number of hydrogen-bond donors (Lipinski definition) is 3. The van der Waals surface area contributed by atoms with E-state index in [1.807, 2.05) is 39.0 Å². The van der Waals surface area contributed by atoms with Crippen molar-refractivity contribution in [1.29, 1.82) is 0 Å². The van der Waals surface area contributed by atoms with Crippen molar-refractivity contribution in [3.8, 4) is 5.75 Å². The van der Waals surface area contributed by atoms with E-state index < -0.39 is 23.1 Å². The van der Waals surface area contributed by atoms with Gasteiger partial charge in [-0.15, -0.1) is 11.3 Å². The van der Waals surface area contributed by atoms with Crippen LogP contribution >= 0.6 is 11.3 Å². The summed E-state index contributed by atoms with van der Waals surface area (Å²) in [4.78, 5) is 11.9. The SMILES string of the molecule is CCc1cc(C(CC)(CC)c2ccc(S(=O)NCC(=O)O)s2)ccc1OCC(O)C(C)(C)C. The minimum Gasteiger partial charge on any atom is -0.491 e. The van der Waals surface area contributed by atoms with Gasteiger partial charge in [-0.05, 0) is 54.0 Å². The molecule has 8 heteroatoms. The van der Waals surface area contributed by atoms with E-state index in [-0.39, 0.29) is 24.0 Å². The molecule has 0 spiro atoms. The zero-order valence-electron chi connectivity index (χ0n) is 20.4. The van der Waals surface area contributed by atoms with Crippen LogP contribution in [0.25, 0.3) is 0 Å². The van der Waals surface area contributed by atoms with E-state index in [1.54, 1.807) is 0 Å². The molecule has 0 saturated carbocycles. The number of hydrogen-bond acceptors (Lipinski definition) is 5. The first-order valence-corrected chi connectivity index (χ1v) is 13.4. The van der Waals surface area contributed by atoms with Crippen LogP contribution in [0.15, 0.2) is 34.5 Å². The number of nitrogens with one attached hydrogen (secondary N) is 1. The number of aliphatic hydroxyl groups is 1. The molecule has 0 amide bonds. The zero-order valence-corrected chi connectivity index (χ0v) is 22.1. The molecule has 6 nitrogen and oxygen atoms in total. The normalized spacial score (nSPS) is 14.2. The van der Waals surface area contributed by atoms with E-state index in [9.17, 15) is 14.1 Å². The third-order valence-electron chi connectivity index (χ3n) is 6.19. The number of benzene rings is 1. The number of carboxylic acid groups (broad SMARTS) is 1. The number of aliphatic hydroxyl groups excluding tert-OH is 1. The summed E-state index contributed by atoms with van der Waals surface area (Å²) in [5.74, 6) is -0.252. The van der Waals surface area contributed by atoms with Crippen LogP contribution in [0.2, 0.25) is 0 Å². The number of thiophene rings is 1. The molecule has 0 bridgehead atoms. The van der Waals surface area contributed by atoms with Crippen LogP contribution in [-0.2, 0) is 27.6 Å². The van der Waals surface area contributed by atoms with Gasteiger partial charge in [-0.3, -0.25) is 4.79 Å². The summed E-state index contributed by atoms with van der Waals surface area (Å²) >= 11 is 1.46. The van der Waals surface area contributed by atoms with Crippen LogP contribution in [-0.4, -0.2) is 39.6 Å². The summed E-state index contributed by atoms with van der Waals surface area (Å²) in [6.45, 7) is 12.2. The number of carbonyl (C=O) groups is 1. The molecular weight excluding hydrogens is 458 g/mol. The van der Waals surface area contributed by atoms with Gasteiger partial charge >= 0.3 is 5.97 Å². The van der Waals surface area contributed by atoms with Gasteiger partial charge in [0.1, 0.15) is 34.1 Å². The molecule has 1 aromatic heterocycles. The Balaban J connectivity index is 2.34. The van der Waals surface area contributed by atoms with Crippen molar-refractivity contribution in [3.63, 3.8) is 0 Å². The third-order valence-corrected chi connectivity index (χ3v) is 8.88. The van der Waals surface area contributed by atoms with Gasteiger partial charge < -0.3 is 14.9 Å². The third kappa shape index (κ3) is 6.66. The van der Waals surface area contributed by atoms with E-state index in [1.165, 1.54) is 16.9 Å². The molecule has 1 aromatic carbocycles. The van der Waals surface area contributed by atoms with Crippen LogP contribution < -0.4 is 9.46 Å². The Bertz CT molecular complexity index is 960. The molecule has 0 aliphatic rings. The fourth-order valence-electron chi connectivity index (χ4n) is 3.74. The Hall–Kier alpha value is -1.74. The molecule has 0 aliphatic heterocycles. The van der Waals surface area contributed by atoms with Gasteiger partial charge in [0.05, 0.1) is 6.10 Å². The van der Waals surface area contributed by atoms with E-state index >= 15 is 0 Å². The molecular formula is C25H37NO5S2. The van der Waals surface area contributed by atoms with Crippen LogP contribution in [0.3, 0.4) is 0 Å². The molecule has 3 N–H and O–H groups in total. The van der Waals surface area contributed by atoms with Crippen molar-refractivity contribution in [2.75, 3.05) is 13.2 Å². The summed E-state index contributed by atoms with van der Waals surface area (Å²) in [7, 11) is -1.56. The number of carboxylic acids is 1. The fourth-order valence-corrected chi connectivity index (χ4v) is 6.17. The van der Waals surface area contributed by atoms with Crippen molar-refractivity contribution < 1.29 is 24.0 Å². The van der Waals surface area contributed by atoms with Gasteiger partial charge in [0.15, 0.2) is 0 Å². The second-order valence-electron chi connectivity index (χ2n) is 9.26. The molecule has 2 unspecified atom stereocenters. The highest BCUT2D eigenvalue weighted by Crippen LogP contribution is 2.43. The van der Waals surface area contributed by atoms with E-state index in [4.69, 9.17) is 9.84 Å². The number of aliphatic carboxylic acids is 1. The van der Waals surface area contributed by atoms with Gasteiger partial charge in [0.25, 0.3) is 0 Å². The maximum absolute atomic E-state index is 12.5. The van der Waals surface area contributed by atoms with Gasteiger partial charge in [-0.25, -0.2) is 8.93 Å².